The molecule has 20 heavy (non-hydrogen) atoms. The summed E-state index contributed by atoms with van der Waals surface area (Å²) < 4.78 is 0. The molecule has 0 aliphatic heterocycles. The van der Waals surface area contributed by atoms with E-state index in [0.717, 1.165) is 6.42 Å². The number of carbonyl (C=O) groups excluding carboxylic acids is 1. The monoisotopic (exact) mass is 275 g/mol. The Bertz CT molecular complexity index is 399. The second-order valence-corrected chi connectivity index (χ2v) is 5.69. The number of aliphatic hydroxyl groups is 1. The Kier molecular flexibility index (Phi) is 6.06. The summed E-state index contributed by atoms with van der Waals surface area (Å²) in [5.74, 6) is 0.780. The maximum Gasteiger partial charge on any atom is 0.222 e. The molecule has 1 aromatic rings. The predicted octanol–water partition coefficient (Wildman–Crippen LogP) is 2.63. The minimum atomic E-state index is 0.0468. The van der Waals surface area contributed by atoms with E-state index in [4.69, 9.17) is 5.11 Å². The number of carbonyl (C=O) groups is 1. The molecular formula is C17H25NO2. The first kappa shape index (κ1) is 15.0. The second kappa shape index (κ2) is 8.05. The van der Waals surface area contributed by atoms with Gasteiger partial charge in [0.15, 0.2) is 0 Å². The van der Waals surface area contributed by atoms with Gasteiger partial charge in [-0.1, -0.05) is 43.2 Å². The summed E-state index contributed by atoms with van der Waals surface area (Å²) in [4.78, 5) is 14.1. The van der Waals surface area contributed by atoms with Gasteiger partial charge in [0.25, 0.3) is 0 Å². The van der Waals surface area contributed by atoms with Crippen molar-refractivity contribution in [3.8, 4) is 0 Å². The first-order valence-corrected chi connectivity index (χ1v) is 7.72. The fourth-order valence-electron chi connectivity index (χ4n) is 2.98. The Morgan fingerprint density at radius 3 is 2.50 bits per heavy atom. The van der Waals surface area contributed by atoms with E-state index in [1.807, 2.05) is 23.1 Å². The maximum atomic E-state index is 12.3. The van der Waals surface area contributed by atoms with Crippen LogP contribution in [0.2, 0.25) is 0 Å². The van der Waals surface area contributed by atoms with Crippen LogP contribution < -0.4 is 0 Å². The number of hydrogen-bond donors (Lipinski definition) is 1. The molecule has 0 radical (unpaired) electrons. The molecule has 0 aromatic heterocycles. The lowest BCUT2D eigenvalue weighted by Crippen LogP contribution is -2.36. The van der Waals surface area contributed by atoms with Crippen LogP contribution in [-0.4, -0.2) is 35.6 Å². The van der Waals surface area contributed by atoms with Crippen LogP contribution in [0.5, 0.6) is 0 Å². The molecule has 1 aliphatic rings. The summed E-state index contributed by atoms with van der Waals surface area (Å²) in [6, 6.07) is 10.2. The van der Waals surface area contributed by atoms with Crippen LogP contribution >= 0.6 is 0 Å². The maximum absolute atomic E-state index is 12.3. The van der Waals surface area contributed by atoms with Gasteiger partial charge in [0.2, 0.25) is 5.91 Å². The summed E-state index contributed by atoms with van der Waals surface area (Å²) in [6.07, 6.45) is 6.44. The predicted molar refractivity (Wildman–Crippen MR) is 80.4 cm³/mol. The minimum absolute atomic E-state index is 0.0468. The van der Waals surface area contributed by atoms with Gasteiger partial charge in [-0.25, -0.2) is 0 Å². The van der Waals surface area contributed by atoms with E-state index in [1.54, 1.807) is 0 Å². The second-order valence-electron chi connectivity index (χ2n) is 5.69. The van der Waals surface area contributed by atoms with Crippen molar-refractivity contribution in [3.05, 3.63) is 35.9 Å². The zero-order valence-electron chi connectivity index (χ0n) is 12.1. The molecule has 2 rings (SSSR count). The average molecular weight is 275 g/mol. The van der Waals surface area contributed by atoms with E-state index >= 15 is 0 Å². The van der Waals surface area contributed by atoms with E-state index in [9.17, 15) is 4.79 Å². The van der Waals surface area contributed by atoms with Gasteiger partial charge in [0.05, 0.1) is 6.61 Å². The van der Waals surface area contributed by atoms with Gasteiger partial charge in [0, 0.05) is 19.5 Å². The summed E-state index contributed by atoms with van der Waals surface area (Å²) in [5, 5.41) is 9.15. The zero-order chi connectivity index (χ0) is 14.2. The third-order valence-electron chi connectivity index (χ3n) is 4.17. The number of aliphatic hydroxyl groups excluding tert-OH is 1. The number of hydrogen-bond acceptors (Lipinski definition) is 2. The van der Waals surface area contributed by atoms with Gasteiger partial charge >= 0.3 is 0 Å². The molecule has 1 amide bonds. The topological polar surface area (TPSA) is 40.5 Å². The molecular weight excluding hydrogens is 250 g/mol. The Morgan fingerprint density at radius 2 is 1.85 bits per heavy atom. The lowest BCUT2D eigenvalue weighted by molar-refractivity contribution is -0.132. The Morgan fingerprint density at radius 1 is 1.15 bits per heavy atom. The normalized spacial score (nSPS) is 15.4. The average Bonchev–Trinajstić information content (AvgIpc) is 2.97. The Balaban J connectivity index is 1.83. The smallest absolute Gasteiger partial charge is 0.222 e. The fourth-order valence-corrected chi connectivity index (χ4v) is 2.98. The standard InChI is InChI=1S/C17H25NO2/c19-13-12-18(11-10-15-6-2-1-3-7-15)17(20)14-16-8-4-5-9-16/h1-3,6-7,16,19H,4-5,8-14H2. The van der Waals surface area contributed by atoms with E-state index in [0.29, 0.717) is 25.4 Å². The van der Waals surface area contributed by atoms with Gasteiger partial charge in [0.1, 0.15) is 0 Å². The van der Waals surface area contributed by atoms with Crippen molar-refractivity contribution in [2.45, 2.75) is 38.5 Å². The Hall–Kier alpha value is -1.35. The minimum Gasteiger partial charge on any atom is -0.395 e. The van der Waals surface area contributed by atoms with E-state index < -0.39 is 0 Å². The molecule has 1 fully saturated rings. The molecule has 1 saturated carbocycles. The molecule has 3 heteroatoms. The van der Waals surface area contributed by atoms with Crippen LogP contribution in [-0.2, 0) is 11.2 Å². The summed E-state index contributed by atoms with van der Waals surface area (Å²) in [5.41, 5.74) is 1.24. The molecule has 3 nitrogen and oxygen atoms in total. The third kappa shape index (κ3) is 4.64. The van der Waals surface area contributed by atoms with Gasteiger partial charge < -0.3 is 10.0 Å². The molecule has 1 aliphatic carbocycles. The molecule has 110 valence electrons. The lowest BCUT2D eigenvalue weighted by atomic mass is 10.0. The van der Waals surface area contributed by atoms with Crippen molar-refractivity contribution < 1.29 is 9.90 Å². The highest BCUT2D eigenvalue weighted by molar-refractivity contribution is 5.76. The SMILES string of the molecule is O=C(CC1CCCC1)N(CCO)CCc1ccccc1. The molecule has 0 spiro atoms. The molecule has 0 unspecified atom stereocenters. The van der Waals surface area contributed by atoms with Crippen molar-refractivity contribution in [3.63, 3.8) is 0 Å². The van der Waals surface area contributed by atoms with Crippen LogP contribution in [0.1, 0.15) is 37.7 Å². The number of nitrogens with zero attached hydrogens (tertiary/aromatic N) is 1. The van der Waals surface area contributed by atoms with Crippen LogP contribution in [0.15, 0.2) is 30.3 Å². The summed E-state index contributed by atoms with van der Waals surface area (Å²) >= 11 is 0. The van der Waals surface area contributed by atoms with E-state index in [2.05, 4.69) is 12.1 Å². The first-order chi connectivity index (χ1) is 9.79. The quantitative estimate of drug-likeness (QED) is 0.831. The van der Waals surface area contributed by atoms with Gasteiger partial charge in [-0.2, -0.15) is 0 Å². The zero-order valence-corrected chi connectivity index (χ0v) is 12.1. The van der Waals surface area contributed by atoms with Crippen molar-refractivity contribution in [2.75, 3.05) is 19.7 Å². The molecule has 1 N–H and O–H groups in total. The molecule has 0 bridgehead atoms. The highest BCUT2D eigenvalue weighted by Gasteiger charge is 2.21. The fraction of sp³-hybridized carbons (Fsp3) is 0.588. The van der Waals surface area contributed by atoms with Gasteiger partial charge in [-0.3, -0.25) is 4.79 Å². The highest BCUT2D eigenvalue weighted by atomic mass is 16.3. The lowest BCUT2D eigenvalue weighted by Gasteiger charge is -2.23. The third-order valence-corrected chi connectivity index (χ3v) is 4.17. The van der Waals surface area contributed by atoms with Crippen LogP contribution in [0.3, 0.4) is 0 Å². The molecule has 1 aromatic carbocycles. The van der Waals surface area contributed by atoms with Crippen molar-refractivity contribution in [2.24, 2.45) is 5.92 Å². The summed E-state index contributed by atoms with van der Waals surface area (Å²) in [7, 11) is 0. The van der Waals surface area contributed by atoms with Crippen LogP contribution in [0.25, 0.3) is 0 Å². The van der Waals surface area contributed by atoms with E-state index in [1.165, 1.54) is 31.2 Å². The van der Waals surface area contributed by atoms with E-state index in [-0.39, 0.29) is 12.5 Å². The number of amides is 1. The number of rotatable bonds is 7. The number of benzene rings is 1. The summed E-state index contributed by atoms with van der Waals surface area (Å²) in [6.45, 7) is 1.21. The first-order valence-electron chi connectivity index (χ1n) is 7.72. The molecule has 0 atom stereocenters. The molecule has 0 saturated heterocycles. The molecule has 0 heterocycles. The van der Waals surface area contributed by atoms with Crippen LogP contribution in [0, 0.1) is 5.92 Å². The van der Waals surface area contributed by atoms with Crippen molar-refractivity contribution >= 4 is 5.91 Å². The Labute approximate surface area is 121 Å². The van der Waals surface area contributed by atoms with Crippen LogP contribution in [0.4, 0.5) is 0 Å². The van der Waals surface area contributed by atoms with Crippen molar-refractivity contribution in [1.29, 1.82) is 0 Å². The van der Waals surface area contributed by atoms with Crippen molar-refractivity contribution in [1.82, 2.24) is 4.90 Å². The van der Waals surface area contributed by atoms with Gasteiger partial charge in [-0.15, -0.1) is 0 Å². The highest BCUT2D eigenvalue weighted by Crippen LogP contribution is 2.28. The largest absolute Gasteiger partial charge is 0.395 e. The van der Waals surface area contributed by atoms with Gasteiger partial charge in [-0.05, 0) is 30.7 Å².